The highest BCUT2D eigenvalue weighted by Gasteiger charge is 2.38. The number of morpholine rings is 1. The Morgan fingerprint density at radius 1 is 1.23 bits per heavy atom. The Labute approximate surface area is 178 Å². The number of nitrogen functional groups attached to an aromatic ring is 1. The molecule has 0 saturated carbocycles. The maximum atomic E-state index is 12.9. The van der Waals surface area contributed by atoms with Gasteiger partial charge in [0.05, 0.1) is 18.1 Å². The SMILES string of the molecule is Nc1nc(N2CCOCC2)nc2c1[C@@H](c1cccc([N+](=O)[O-])c1)C1=C(CCCC1=O)N2. The topological polar surface area (TPSA) is 137 Å². The molecule has 160 valence electrons. The van der Waals surface area contributed by atoms with Gasteiger partial charge in [-0.2, -0.15) is 9.97 Å². The van der Waals surface area contributed by atoms with Gasteiger partial charge in [-0.3, -0.25) is 14.9 Å². The molecule has 0 unspecified atom stereocenters. The number of allylic oxidation sites excluding steroid dienone is 2. The molecular weight excluding hydrogens is 400 g/mol. The number of non-ortho nitro benzene ring substituents is 1. The summed E-state index contributed by atoms with van der Waals surface area (Å²) in [6.45, 7) is 2.51. The Balaban J connectivity index is 1.67. The lowest BCUT2D eigenvalue weighted by molar-refractivity contribution is -0.384. The average Bonchev–Trinajstić information content (AvgIpc) is 2.78. The minimum atomic E-state index is -0.544. The number of hydrogen-bond acceptors (Lipinski definition) is 9. The lowest BCUT2D eigenvalue weighted by Gasteiger charge is -2.35. The molecule has 0 spiro atoms. The number of nitrogens with one attached hydrogen (secondary N) is 1. The van der Waals surface area contributed by atoms with Gasteiger partial charge in [0, 0.05) is 54.4 Å². The zero-order valence-corrected chi connectivity index (χ0v) is 16.8. The maximum Gasteiger partial charge on any atom is 0.269 e. The summed E-state index contributed by atoms with van der Waals surface area (Å²) in [6, 6.07) is 6.35. The van der Waals surface area contributed by atoms with E-state index < -0.39 is 10.8 Å². The number of nitro groups is 1. The van der Waals surface area contributed by atoms with Crippen molar-refractivity contribution in [2.24, 2.45) is 0 Å². The number of anilines is 3. The number of ether oxygens (including phenoxy) is 1. The summed E-state index contributed by atoms with van der Waals surface area (Å²) in [4.78, 5) is 35.1. The molecule has 10 nitrogen and oxygen atoms in total. The maximum absolute atomic E-state index is 12.9. The van der Waals surface area contributed by atoms with Crippen LogP contribution in [0.15, 0.2) is 35.5 Å². The number of nitrogens with zero attached hydrogens (tertiary/aromatic N) is 4. The van der Waals surface area contributed by atoms with Crippen molar-refractivity contribution in [2.75, 3.05) is 42.3 Å². The third kappa shape index (κ3) is 3.38. The fourth-order valence-electron chi connectivity index (χ4n) is 4.53. The van der Waals surface area contributed by atoms with Gasteiger partial charge in [0.25, 0.3) is 5.69 Å². The zero-order chi connectivity index (χ0) is 21.5. The van der Waals surface area contributed by atoms with Crippen LogP contribution in [0, 0.1) is 10.1 Å². The van der Waals surface area contributed by atoms with Gasteiger partial charge < -0.3 is 20.7 Å². The fraction of sp³-hybridized carbons (Fsp3) is 0.381. The molecule has 0 amide bonds. The largest absolute Gasteiger partial charge is 0.383 e. The summed E-state index contributed by atoms with van der Waals surface area (Å²) in [5.74, 6) is 0.806. The van der Waals surface area contributed by atoms with Crippen molar-refractivity contribution < 1.29 is 14.5 Å². The number of nitrogens with two attached hydrogens (primary N) is 1. The number of ketones is 1. The molecule has 5 rings (SSSR count). The summed E-state index contributed by atoms with van der Waals surface area (Å²) in [5, 5.41) is 14.7. The second kappa shape index (κ2) is 7.62. The van der Waals surface area contributed by atoms with Crippen LogP contribution >= 0.6 is 0 Å². The lowest BCUT2D eigenvalue weighted by Crippen LogP contribution is -2.38. The number of nitro benzene ring substituents is 1. The van der Waals surface area contributed by atoms with Gasteiger partial charge in [0.1, 0.15) is 11.6 Å². The number of Topliss-reactive ketones (excluding diaryl/α,β-unsaturated/α-hetero) is 1. The van der Waals surface area contributed by atoms with Crippen LogP contribution in [-0.2, 0) is 9.53 Å². The summed E-state index contributed by atoms with van der Waals surface area (Å²) < 4.78 is 5.41. The molecule has 3 heterocycles. The number of aromatic nitrogens is 2. The molecule has 10 heteroatoms. The lowest BCUT2D eigenvalue weighted by atomic mass is 9.76. The van der Waals surface area contributed by atoms with Gasteiger partial charge in [-0.15, -0.1) is 0 Å². The first-order valence-electron chi connectivity index (χ1n) is 10.3. The zero-order valence-electron chi connectivity index (χ0n) is 16.8. The monoisotopic (exact) mass is 422 g/mol. The molecule has 1 atom stereocenters. The van der Waals surface area contributed by atoms with Crippen molar-refractivity contribution in [2.45, 2.75) is 25.2 Å². The van der Waals surface area contributed by atoms with Crippen molar-refractivity contribution in [1.29, 1.82) is 0 Å². The van der Waals surface area contributed by atoms with Crippen molar-refractivity contribution >= 4 is 29.1 Å². The van der Waals surface area contributed by atoms with Crippen molar-refractivity contribution in [3.8, 4) is 0 Å². The molecule has 0 radical (unpaired) electrons. The van der Waals surface area contributed by atoms with E-state index in [2.05, 4.69) is 10.3 Å². The van der Waals surface area contributed by atoms with Gasteiger partial charge in [-0.1, -0.05) is 12.1 Å². The van der Waals surface area contributed by atoms with Crippen molar-refractivity contribution in [1.82, 2.24) is 9.97 Å². The minimum absolute atomic E-state index is 0.0209. The van der Waals surface area contributed by atoms with E-state index >= 15 is 0 Å². The smallest absolute Gasteiger partial charge is 0.269 e. The molecule has 1 aromatic heterocycles. The summed E-state index contributed by atoms with van der Waals surface area (Å²) >= 11 is 0. The molecular formula is C21H22N6O4. The van der Waals surface area contributed by atoms with Crippen LogP contribution in [0.5, 0.6) is 0 Å². The molecule has 3 N–H and O–H groups in total. The van der Waals surface area contributed by atoms with Crippen LogP contribution in [0.2, 0.25) is 0 Å². The number of benzene rings is 1. The highest BCUT2D eigenvalue weighted by Crippen LogP contribution is 2.47. The van der Waals surface area contributed by atoms with E-state index in [1.807, 2.05) is 4.90 Å². The quantitative estimate of drug-likeness (QED) is 0.564. The van der Waals surface area contributed by atoms with Crippen molar-refractivity contribution in [3.63, 3.8) is 0 Å². The highest BCUT2D eigenvalue weighted by atomic mass is 16.6. The van der Waals surface area contributed by atoms with Crippen LogP contribution in [-0.4, -0.2) is 47.0 Å². The number of hydrogen-bond donors (Lipinski definition) is 2. The number of rotatable bonds is 3. The number of carbonyl (C=O) groups excluding carboxylic acids is 1. The molecule has 2 aliphatic heterocycles. The predicted octanol–water partition coefficient (Wildman–Crippen LogP) is 2.37. The molecule has 0 bridgehead atoms. The Kier molecular flexibility index (Phi) is 4.78. The van der Waals surface area contributed by atoms with Gasteiger partial charge in [0.2, 0.25) is 5.95 Å². The molecule has 2 aromatic rings. The predicted molar refractivity (Wildman–Crippen MR) is 114 cm³/mol. The van der Waals surface area contributed by atoms with Crippen LogP contribution in [0.3, 0.4) is 0 Å². The summed E-state index contributed by atoms with van der Waals surface area (Å²) in [7, 11) is 0. The second-order valence-corrected chi connectivity index (χ2v) is 7.85. The molecule has 1 aliphatic carbocycles. The van der Waals surface area contributed by atoms with E-state index in [1.54, 1.807) is 12.1 Å². The normalized spacial score (nSPS) is 20.7. The van der Waals surface area contributed by atoms with Crippen molar-refractivity contribution in [3.05, 3.63) is 56.8 Å². The Morgan fingerprint density at radius 3 is 2.81 bits per heavy atom. The van der Waals surface area contributed by atoms with Gasteiger partial charge in [0.15, 0.2) is 5.78 Å². The second-order valence-electron chi connectivity index (χ2n) is 7.85. The van der Waals surface area contributed by atoms with Crippen LogP contribution < -0.4 is 16.0 Å². The highest BCUT2D eigenvalue weighted by molar-refractivity contribution is 6.01. The van der Waals surface area contributed by atoms with Gasteiger partial charge in [-0.25, -0.2) is 0 Å². The Bertz CT molecular complexity index is 1110. The minimum Gasteiger partial charge on any atom is -0.383 e. The molecule has 1 fully saturated rings. The first-order chi connectivity index (χ1) is 15.0. The van der Waals surface area contributed by atoms with E-state index in [0.29, 0.717) is 67.6 Å². The molecule has 31 heavy (non-hydrogen) atoms. The standard InChI is InChI=1S/C21H22N6O4/c22-19-18-16(12-3-1-4-13(11-12)27(29)30)17-14(5-2-6-15(17)28)23-20(18)25-21(24-19)26-7-9-31-10-8-26/h1,3-4,11,16H,2,5-10H2,(H3,22,23,24,25)/t16-/m0/s1. The number of carbonyl (C=O) groups is 1. The van der Waals surface area contributed by atoms with Crippen LogP contribution in [0.1, 0.15) is 36.3 Å². The summed E-state index contributed by atoms with van der Waals surface area (Å²) in [6.07, 6.45) is 1.90. The first kappa shape index (κ1) is 19.4. The Hall–Kier alpha value is -3.53. The fourth-order valence-corrected chi connectivity index (χ4v) is 4.53. The summed E-state index contributed by atoms with van der Waals surface area (Å²) in [5.41, 5.74) is 9.03. The van der Waals surface area contributed by atoms with E-state index in [0.717, 1.165) is 12.1 Å². The number of fused-ring (bicyclic) bond motifs is 1. The van der Waals surface area contributed by atoms with Gasteiger partial charge >= 0.3 is 0 Å². The third-order valence-corrected chi connectivity index (χ3v) is 5.97. The Morgan fingerprint density at radius 2 is 2.03 bits per heavy atom. The van der Waals surface area contributed by atoms with E-state index in [4.69, 9.17) is 15.5 Å². The van der Waals surface area contributed by atoms with E-state index in [9.17, 15) is 14.9 Å². The molecule has 1 saturated heterocycles. The van der Waals surface area contributed by atoms with Crippen LogP contribution in [0.25, 0.3) is 0 Å². The molecule has 1 aromatic carbocycles. The molecule has 3 aliphatic rings. The first-order valence-corrected chi connectivity index (χ1v) is 10.3. The average molecular weight is 422 g/mol. The van der Waals surface area contributed by atoms with Gasteiger partial charge in [-0.05, 0) is 18.4 Å². The van der Waals surface area contributed by atoms with E-state index in [1.165, 1.54) is 12.1 Å². The van der Waals surface area contributed by atoms with Crippen LogP contribution in [0.4, 0.5) is 23.3 Å². The third-order valence-electron chi connectivity index (χ3n) is 5.97. The van der Waals surface area contributed by atoms with E-state index in [-0.39, 0.29) is 17.3 Å².